The Kier molecular flexibility index (Phi) is 5.24. The van der Waals surface area contributed by atoms with E-state index in [9.17, 15) is 13.2 Å². The van der Waals surface area contributed by atoms with E-state index in [0.29, 0.717) is 18.7 Å². The number of benzene rings is 1. The second-order valence-electron chi connectivity index (χ2n) is 5.28. The molecule has 1 aliphatic carbocycles. The van der Waals surface area contributed by atoms with E-state index in [1.165, 1.54) is 12.1 Å². The molecule has 0 aliphatic heterocycles. The molecule has 1 aromatic rings. The Labute approximate surface area is 122 Å². The van der Waals surface area contributed by atoms with E-state index < -0.39 is 11.7 Å². The SMILES string of the molecule is OCCOCCNC1(c2cccc(C(F)(F)F)c2)CCC1. The van der Waals surface area contributed by atoms with Crippen molar-refractivity contribution in [2.45, 2.75) is 31.0 Å². The number of hydrogen-bond acceptors (Lipinski definition) is 3. The predicted octanol–water partition coefficient (Wildman–Crippen LogP) is 2.68. The van der Waals surface area contributed by atoms with Crippen LogP contribution in [0.4, 0.5) is 13.2 Å². The van der Waals surface area contributed by atoms with Crippen molar-refractivity contribution in [3.05, 3.63) is 35.4 Å². The maximum Gasteiger partial charge on any atom is 0.416 e. The van der Waals surface area contributed by atoms with E-state index in [2.05, 4.69) is 5.32 Å². The third-order valence-corrected chi connectivity index (χ3v) is 3.90. The fraction of sp³-hybridized carbons (Fsp3) is 0.600. The standard InChI is InChI=1S/C15H20F3NO2/c16-15(17,18)13-4-1-3-12(11-13)14(5-2-6-14)19-7-9-21-10-8-20/h1,3-4,11,19-20H,2,5-10H2. The van der Waals surface area contributed by atoms with Crippen molar-refractivity contribution < 1.29 is 23.0 Å². The van der Waals surface area contributed by atoms with Crippen LogP contribution in [-0.2, 0) is 16.5 Å². The van der Waals surface area contributed by atoms with Crippen LogP contribution >= 0.6 is 0 Å². The maximum absolute atomic E-state index is 12.8. The van der Waals surface area contributed by atoms with Gasteiger partial charge in [-0.1, -0.05) is 12.1 Å². The van der Waals surface area contributed by atoms with Crippen molar-refractivity contribution in [3.8, 4) is 0 Å². The lowest BCUT2D eigenvalue weighted by molar-refractivity contribution is -0.137. The summed E-state index contributed by atoms with van der Waals surface area (Å²) in [5, 5.41) is 11.9. The number of halogens is 3. The Morgan fingerprint density at radius 1 is 1.24 bits per heavy atom. The zero-order valence-corrected chi connectivity index (χ0v) is 11.7. The zero-order valence-electron chi connectivity index (χ0n) is 11.7. The van der Waals surface area contributed by atoms with E-state index in [4.69, 9.17) is 9.84 Å². The molecule has 0 radical (unpaired) electrons. The Balaban J connectivity index is 2.03. The van der Waals surface area contributed by atoms with Crippen LogP contribution in [0.1, 0.15) is 30.4 Å². The average molecular weight is 303 g/mol. The van der Waals surface area contributed by atoms with Crippen molar-refractivity contribution in [2.24, 2.45) is 0 Å². The topological polar surface area (TPSA) is 41.5 Å². The summed E-state index contributed by atoms with van der Waals surface area (Å²) in [5.41, 5.74) is -0.292. The first-order chi connectivity index (χ1) is 9.98. The number of nitrogens with one attached hydrogen (secondary N) is 1. The molecule has 0 amide bonds. The third kappa shape index (κ3) is 3.96. The van der Waals surface area contributed by atoms with Crippen LogP contribution in [0.15, 0.2) is 24.3 Å². The van der Waals surface area contributed by atoms with Crippen LogP contribution in [0.3, 0.4) is 0 Å². The molecule has 3 nitrogen and oxygen atoms in total. The molecule has 1 aliphatic rings. The molecule has 0 bridgehead atoms. The van der Waals surface area contributed by atoms with Gasteiger partial charge in [0.2, 0.25) is 0 Å². The van der Waals surface area contributed by atoms with Crippen LogP contribution in [-0.4, -0.2) is 31.5 Å². The molecule has 6 heteroatoms. The molecule has 0 atom stereocenters. The van der Waals surface area contributed by atoms with E-state index in [1.807, 2.05) is 0 Å². The molecule has 0 aromatic heterocycles. The monoisotopic (exact) mass is 303 g/mol. The molecule has 0 heterocycles. The molecular formula is C15H20F3NO2. The molecule has 1 fully saturated rings. The van der Waals surface area contributed by atoms with Gasteiger partial charge in [-0.2, -0.15) is 13.2 Å². The first-order valence-corrected chi connectivity index (χ1v) is 7.09. The number of rotatable bonds is 7. The molecule has 1 saturated carbocycles. The fourth-order valence-corrected chi connectivity index (χ4v) is 2.62. The van der Waals surface area contributed by atoms with Crippen LogP contribution in [0.2, 0.25) is 0 Å². The summed E-state index contributed by atoms with van der Waals surface area (Å²) in [5.74, 6) is 0. The number of aliphatic hydroxyl groups excluding tert-OH is 1. The summed E-state index contributed by atoms with van der Waals surface area (Å²) in [7, 11) is 0. The quantitative estimate of drug-likeness (QED) is 0.761. The molecule has 0 saturated heterocycles. The van der Waals surface area contributed by atoms with Gasteiger partial charge in [-0.3, -0.25) is 0 Å². The van der Waals surface area contributed by atoms with Crippen molar-refractivity contribution in [1.29, 1.82) is 0 Å². The van der Waals surface area contributed by atoms with Gasteiger partial charge < -0.3 is 15.2 Å². The minimum Gasteiger partial charge on any atom is -0.394 e. The van der Waals surface area contributed by atoms with Gasteiger partial charge in [0.1, 0.15) is 0 Å². The smallest absolute Gasteiger partial charge is 0.394 e. The Morgan fingerprint density at radius 3 is 2.57 bits per heavy atom. The lowest BCUT2D eigenvalue weighted by atomic mass is 9.71. The van der Waals surface area contributed by atoms with Crippen LogP contribution in [0.5, 0.6) is 0 Å². The predicted molar refractivity (Wildman–Crippen MR) is 72.9 cm³/mol. The summed E-state index contributed by atoms with van der Waals surface area (Å²) in [4.78, 5) is 0. The third-order valence-electron chi connectivity index (χ3n) is 3.90. The Hall–Kier alpha value is -1.11. The second-order valence-corrected chi connectivity index (χ2v) is 5.28. The summed E-state index contributed by atoms with van der Waals surface area (Å²) in [6, 6.07) is 5.54. The fourth-order valence-electron chi connectivity index (χ4n) is 2.62. The zero-order chi connectivity index (χ0) is 15.3. The van der Waals surface area contributed by atoms with Crippen molar-refractivity contribution in [1.82, 2.24) is 5.32 Å². The average Bonchev–Trinajstić information content (AvgIpc) is 2.40. The minimum absolute atomic E-state index is 0.0290. The maximum atomic E-state index is 12.8. The van der Waals surface area contributed by atoms with Crippen LogP contribution in [0.25, 0.3) is 0 Å². The minimum atomic E-state index is -4.31. The van der Waals surface area contributed by atoms with Gasteiger partial charge in [-0.15, -0.1) is 0 Å². The van der Waals surface area contributed by atoms with Crippen molar-refractivity contribution in [2.75, 3.05) is 26.4 Å². The highest BCUT2D eigenvalue weighted by Gasteiger charge is 2.39. The van der Waals surface area contributed by atoms with Gasteiger partial charge in [0.15, 0.2) is 0 Å². The highest BCUT2D eigenvalue weighted by atomic mass is 19.4. The first-order valence-electron chi connectivity index (χ1n) is 7.09. The molecule has 0 unspecified atom stereocenters. The molecule has 21 heavy (non-hydrogen) atoms. The van der Waals surface area contributed by atoms with Crippen molar-refractivity contribution >= 4 is 0 Å². The number of hydrogen-bond donors (Lipinski definition) is 2. The highest BCUT2D eigenvalue weighted by Crippen LogP contribution is 2.42. The van der Waals surface area contributed by atoms with Gasteiger partial charge in [-0.05, 0) is 37.0 Å². The normalized spacial score (nSPS) is 17.5. The van der Waals surface area contributed by atoms with E-state index in [0.717, 1.165) is 25.3 Å². The molecule has 2 N–H and O–H groups in total. The van der Waals surface area contributed by atoms with E-state index in [1.54, 1.807) is 6.07 Å². The highest BCUT2D eigenvalue weighted by molar-refractivity contribution is 5.33. The number of ether oxygens (including phenoxy) is 1. The Bertz CT molecular complexity index is 458. The largest absolute Gasteiger partial charge is 0.416 e. The summed E-state index contributed by atoms with van der Waals surface area (Å²) in [6.07, 6.45) is -1.66. The molecule has 118 valence electrons. The summed E-state index contributed by atoms with van der Waals surface area (Å²) < 4.78 is 43.6. The van der Waals surface area contributed by atoms with Gasteiger partial charge in [0, 0.05) is 12.1 Å². The number of aliphatic hydroxyl groups is 1. The van der Waals surface area contributed by atoms with Gasteiger partial charge in [0.05, 0.1) is 25.4 Å². The second kappa shape index (κ2) is 6.77. The molecular weight excluding hydrogens is 283 g/mol. The summed E-state index contributed by atoms with van der Waals surface area (Å²) in [6.45, 7) is 1.23. The van der Waals surface area contributed by atoms with Gasteiger partial charge in [0.25, 0.3) is 0 Å². The molecule has 0 spiro atoms. The van der Waals surface area contributed by atoms with E-state index >= 15 is 0 Å². The summed E-state index contributed by atoms with van der Waals surface area (Å²) >= 11 is 0. The lowest BCUT2D eigenvalue weighted by Gasteiger charge is -2.43. The van der Waals surface area contributed by atoms with Gasteiger partial charge >= 0.3 is 6.18 Å². The lowest BCUT2D eigenvalue weighted by Crippen LogP contribution is -2.49. The molecule has 1 aromatic carbocycles. The van der Waals surface area contributed by atoms with Gasteiger partial charge in [-0.25, -0.2) is 0 Å². The van der Waals surface area contributed by atoms with Crippen molar-refractivity contribution in [3.63, 3.8) is 0 Å². The van der Waals surface area contributed by atoms with Crippen LogP contribution < -0.4 is 5.32 Å². The molecule has 2 rings (SSSR count). The Morgan fingerprint density at radius 2 is 2.00 bits per heavy atom. The number of alkyl halides is 3. The van der Waals surface area contributed by atoms with E-state index in [-0.39, 0.29) is 18.8 Å². The first kappa shape index (κ1) is 16.3. The van der Waals surface area contributed by atoms with Crippen LogP contribution in [0, 0.1) is 0 Å².